The van der Waals surface area contributed by atoms with Crippen LogP contribution >= 0.6 is 23.4 Å². The number of halogens is 1. The van der Waals surface area contributed by atoms with Gasteiger partial charge in [0.05, 0.1) is 23.3 Å². The maximum Gasteiger partial charge on any atom is 0.337 e. The number of esters is 1. The molecule has 0 saturated carbocycles. The van der Waals surface area contributed by atoms with Crippen molar-refractivity contribution in [1.82, 2.24) is 4.90 Å². The van der Waals surface area contributed by atoms with Gasteiger partial charge in [-0.05, 0) is 65.9 Å². The van der Waals surface area contributed by atoms with E-state index >= 15 is 0 Å². The lowest BCUT2D eigenvalue weighted by molar-refractivity contribution is -0.121. The van der Waals surface area contributed by atoms with E-state index < -0.39 is 5.97 Å². The zero-order valence-electron chi connectivity index (χ0n) is 18.5. The number of carbonyl (C=O) groups excluding carboxylic acids is 2. The van der Waals surface area contributed by atoms with Gasteiger partial charge in [-0.2, -0.15) is 0 Å². The molecule has 0 unspecified atom stereocenters. The maximum absolute atomic E-state index is 12.7. The van der Waals surface area contributed by atoms with Crippen LogP contribution in [0.2, 0.25) is 5.02 Å². The number of rotatable bonds is 6. The van der Waals surface area contributed by atoms with Crippen LogP contribution in [0.3, 0.4) is 0 Å². The summed E-state index contributed by atoms with van der Waals surface area (Å²) in [5.74, 6) is 0.170. The molecule has 1 aliphatic rings. The van der Waals surface area contributed by atoms with Gasteiger partial charge in [0.25, 0.3) is 5.91 Å². The molecule has 1 aliphatic heterocycles. The van der Waals surface area contributed by atoms with E-state index in [0.29, 0.717) is 38.7 Å². The number of nitrogens with zero attached hydrogens (tertiary/aromatic N) is 2. The van der Waals surface area contributed by atoms with Crippen molar-refractivity contribution in [3.63, 3.8) is 0 Å². The van der Waals surface area contributed by atoms with Gasteiger partial charge in [-0.1, -0.05) is 41.9 Å². The average Bonchev–Trinajstić information content (AvgIpc) is 3.12. The minimum atomic E-state index is -0.410. The number of benzene rings is 3. The zero-order valence-corrected chi connectivity index (χ0v) is 20.1. The van der Waals surface area contributed by atoms with Crippen LogP contribution in [0, 0.1) is 0 Å². The van der Waals surface area contributed by atoms with E-state index in [0.717, 1.165) is 11.1 Å². The van der Waals surface area contributed by atoms with Crippen molar-refractivity contribution in [3.05, 3.63) is 99.4 Å². The first kappa shape index (κ1) is 23.6. The van der Waals surface area contributed by atoms with Gasteiger partial charge in [-0.3, -0.25) is 9.69 Å². The van der Waals surface area contributed by atoms with Gasteiger partial charge in [0, 0.05) is 17.6 Å². The Bertz CT molecular complexity index is 1270. The molecular formula is C26H21ClN2O4S. The Morgan fingerprint density at radius 2 is 1.76 bits per heavy atom. The molecule has 1 fully saturated rings. The van der Waals surface area contributed by atoms with Crippen LogP contribution in [0.1, 0.15) is 21.5 Å². The van der Waals surface area contributed by atoms with Gasteiger partial charge >= 0.3 is 5.97 Å². The van der Waals surface area contributed by atoms with Crippen molar-refractivity contribution >= 4 is 52.2 Å². The highest BCUT2D eigenvalue weighted by molar-refractivity contribution is 8.18. The minimum Gasteiger partial charge on any atom is -0.489 e. The molecule has 1 heterocycles. The van der Waals surface area contributed by atoms with Crippen molar-refractivity contribution in [2.24, 2.45) is 4.99 Å². The number of amides is 1. The summed E-state index contributed by atoms with van der Waals surface area (Å²) in [4.78, 5) is 30.9. The summed E-state index contributed by atoms with van der Waals surface area (Å²) >= 11 is 7.47. The van der Waals surface area contributed by atoms with Crippen LogP contribution in [0.4, 0.5) is 5.69 Å². The van der Waals surface area contributed by atoms with Gasteiger partial charge in [0.15, 0.2) is 5.17 Å². The number of hydrogen-bond acceptors (Lipinski definition) is 6. The molecule has 0 atom stereocenters. The molecule has 0 aliphatic carbocycles. The molecule has 3 aromatic rings. The van der Waals surface area contributed by atoms with Gasteiger partial charge in [-0.25, -0.2) is 9.79 Å². The normalized spacial score (nSPS) is 15.7. The van der Waals surface area contributed by atoms with E-state index in [1.54, 1.807) is 31.3 Å². The van der Waals surface area contributed by atoms with Gasteiger partial charge in [-0.15, -0.1) is 0 Å². The Balaban J connectivity index is 1.44. The summed E-state index contributed by atoms with van der Waals surface area (Å²) in [5, 5.41) is 1.23. The van der Waals surface area contributed by atoms with E-state index in [1.807, 2.05) is 54.6 Å². The maximum atomic E-state index is 12.7. The standard InChI is InChI=1S/C26H21ClN2O4S/c1-29-24(30)23(34-26(29)28-20-11-9-18(10-12-20)25(31)32-2)15-17-7-13-21(14-8-17)33-16-19-5-3-4-6-22(19)27/h3-15H,16H2,1-2H3. The summed E-state index contributed by atoms with van der Waals surface area (Å²) in [6.45, 7) is 0.375. The summed E-state index contributed by atoms with van der Waals surface area (Å²) in [5.41, 5.74) is 2.86. The molecule has 34 heavy (non-hydrogen) atoms. The first-order valence-corrected chi connectivity index (χ1v) is 11.5. The summed E-state index contributed by atoms with van der Waals surface area (Å²) in [6, 6.07) is 21.7. The second-order valence-electron chi connectivity index (χ2n) is 7.36. The highest BCUT2D eigenvalue weighted by Crippen LogP contribution is 2.33. The lowest BCUT2D eigenvalue weighted by atomic mass is 10.2. The lowest BCUT2D eigenvalue weighted by Gasteiger charge is -2.08. The summed E-state index contributed by atoms with van der Waals surface area (Å²) < 4.78 is 10.5. The molecule has 0 aromatic heterocycles. The number of likely N-dealkylation sites (N-methyl/N-ethyl adjacent to an activating group) is 1. The fourth-order valence-electron chi connectivity index (χ4n) is 3.14. The number of methoxy groups -OCH3 is 1. The third kappa shape index (κ3) is 5.50. The van der Waals surface area contributed by atoms with Crippen LogP contribution in [0.25, 0.3) is 6.08 Å². The molecule has 1 saturated heterocycles. The number of carbonyl (C=O) groups is 2. The fraction of sp³-hybridized carbons (Fsp3) is 0.115. The Kier molecular flexibility index (Phi) is 7.35. The molecule has 6 nitrogen and oxygen atoms in total. The first-order chi connectivity index (χ1) is 16.4. The van der Waals surface area contributed by atoms with E-state index in [9.17, 15) is 9.59 Å². The number of ether oxygens (including phenoxy) is 2. The molecule has 0 radical (unpaired) electrons. The van der Waals surface area contributed by atoms with Crippen LogP contribution < -0.4 is 4.74 Å². The average molecular weight is 493 g/mol. The highest BCUT2D eigenvalue weighted by Gasteiger charge is 2.30. The summed E-state index contributed by atoms with van der Waals surface area (Å²) in [6.07, 6.45) is 1.82. The first-order valence-electron chi connectivity index (χ1n) is 10.4. The van der Waals surface area contributed by atoms with Crippen LogP contribution in [0.5, 0.6) is 5.75 Å². The van der Waals surface area contributed by atoms with Gasteiger partial charge in [0.2, 0.25) is 0 Å². The molecule has 0 bridgehead atoms. The number of hydrogen-bond donors (Lipinski definition) is 0. The third-order valence-electron chi connectivity index (χ3n) is 5.05. The topological polar surface area (TPSA) is 68.2 Å². The number of thioether (sulfide) groups is 1. The minimum absolute atomic E-state index is 0.131. The van der Waals surface area contributed by atoms with E-state index in [1.165, 1.54) is 23.8 Å². The predicted octanol–water partition coefficient (Wildman–Crippen LogP) is 5.94. The van der Waals surface area contributed by atoms with E-state index in [4.69, 9.17) is 21.1 Å². The molecular weight excluding hydrogens is 472 g/mol. The lowest BCUT2D eigenvalue weighted by Crippen LogP contribution is -2.23. The monoisotopic (exact) mass is 492 g/mol. The smallest absolute Gasteiger partial charge is 0.337 e. The zero-order chi connectivity index (χ0) is 24.1. The highest BCUT2D eigenvalue weighted by atomic mass is 35.5. The molecule has 8 heteroatoms. The van der Waals surface area contributed by atoms with Gasteiger partial charge in [0.1, 0.15) is 12.4 Å². The molecule has 4 rings (SSSR count). The Hall–Kier alpha value is -3.55. The number of amidine groups is 1. The summed E-state index contributed by atoms with van der Waals surface area (Å²) in [7, 11) is 3.02. The van der Waals surface area contributed by atoms with Crippen LogP contribution in [-0.4, -0.2) is 36.1 Å². The second kappa shape index (κ2) is 10.6. The van der Waals surface area contributed by atoms with Crippen LogP contribution in [-0.2, 0) is 16.1 Å². The Morgan fingerprint density at radius 3 is 2.44 bits per heavy atom. The van der Waals surface area contributed by atoms with Crippen LogP contribution in [0.15, 0.2) is 82.7 Å². The van der Waals surface area contributed by atoms with Crippen molar-refractivity contribution < 1.29 is 19.1 Å². The molecule has 0 spiro atoms. The predicted molar refractivity (Wildman–Crippen MR) is 135 cm³/mol. The number of aliphatic imine (C=N–C) groups is 1. The van der Waals surface area contributed by atoms with Gasteiger partial charge < -0.3 is 9.47 Å². The molecule has 3 aromatic carbocycles. The SMILES string of the molecule is COC(=O)c1ccc(N=C2SC(=Cc3ccc(OCc4ccccc4Cl)cc3)C(=O)N2C)cc1. The molecule has 172 valence electrons. The van der Waals surface area contributed by atoms with Crippen molar-refractivity contribution in [1.29, 1.82) is 0 Å². The second-order valence-corrected chi connectivity index (χ2v) is 8.77. The largest absolute Gasteiger partial charge is 0.489 e. The van der Waals surface area contributed by atoms with Crippen molar-refractivity contribution in [2.45, 2.75) is 6.61 Å². The fourth-order valence-corrected chi connectivity index (χ4v) is 4.32. The van der Waals surface area contributed by atoms with Crippen molar-refractivity contribution in [2.75, 3.05) is 14.2 Å². The van der Waals surface area contributed by atoms with E-state index in [2.05, 4.69) is 4.99 Å². The molecule has 1 amide bonds. The van der Waals surface area contributed by atoms with Crippen molar-refractivity contribution in [3.8, 4) is 5.75 Å². The third-order valence-corrected chi connectivity index (χ3v) is 6.48. The quantitative estimate of drug-likeness (QED) is 0.314. The van der Waals surface area contributed by atoms with E-state index in [-0.39, 0.29) is 5.91 Å². The Labute approximate surface area is 206 Å². The molecule has 0 N–H and O–H groups in total. The Morgan fingerprint density at radius 1 is 1.06 bits per heavy atom.